The van der Waals surface area contributed by atoms with E-state index in [1.807, 2.05) is 0 Å². The van der Waals surface area contributed by atoms with Crippen molar-refractivity contribution in [2.45, 2.75) is 6.92 Å². The molecule has 0 spiro atoms. The molecule has 0 aromatic heterocycles. The molecule has 2 aromatic carbocycles. The van der Waals surface area contributed by atoms with Gasteiger partial charge < -0.3 is 21.1 Å². The number of nitrogens with two attached hydrogens (primary N) is 1. The van der Waals surface area contributed by atoms with Crippen LogP contribution in [0.1, 0.15) is 22.8 Å². The lowest BCUT2D eigenvalue weighted by molar-refractivity contribution is 0.0954. The van der Waals surface area contributed by atoms with Gasteiger partial charge in [-0.2, -0.15) is 5.10 Å². The number of phenols is 3. The lowest BCUT2D eigenvalue weighted by atomic mass is 10.1. The van der Waals surface area contributed by atoms with Crippen LogP contribution in [0, 0.1) is 0 Å². The number of carbonyl (C=O) groups is 1. The minimum Gasteiger partial charge on any atom is -0.504 e. The molecular formula is C15H15N3O4. The van der Waals surface area contributed by atoms with Crippen molar-refractivity contribution in [1.82, 2.24) is 5.43 Å². The van der Waals surface area contributed by atoms with Crippen molar-refractivity contribution in [2.24, 2.45) is 5.10 Å². The van der Waals surface area contributed by atoms with Crippen LogP contribution in [-0.4, -0.2) is 26.9 Å². The van der Waals surface area contributed by atoms with Crippen molar-refractivity contribution >= 4 is 17.3 Å². The number of anilines is 1. The summed E-state index contributed by atoms with van der Waals surface area (Å²) in [7, 11) is 0. The molecule has 0 radical (unpaired) electrons. The highest BCUT2D eigenvalue weighted by Crippen LogP contribution is 2.35. The van der Waals surface area contributed by atoms with E-state index in [9.17, 15) is 20.1 Å². The number of nitrogen functional groups attached to an aromatic ring is 1. The average molecular weight is 301 g/mol. The molecule has 0 atom stereocenters. The standard InChI is InChI=1S/C15H15N3O4/c1-8(9-3-2-4-11(16)5-9)17-18-15(22)10-6-12(19)14(21)13(20)7-10/h2-7,19-21H,16H2,1H3,(H,18,22). The molecule has 2 aromatic rings. The fraction of sp³-hybridized carbons (Fsp3) is 0.0667. The second-order valence-corrected chi connectivity index (χ2v) is 4.63. The number of hydrogen-bond donors (Lipinski definition) is 5. The molecular weight excluding hydrogens is 286 g/mol. The Morgan fingerprint density at radius 3 is 2.32 bits per heavy atom. The van der Waals surface area contributed by atoms with Gasteiger partial charge in [-0.05, 0) is 36.8 Å². The van der Waals surface area contributed by atoms with Gasteiger partial charge in [-0.25, -0.2) is 5.43 Å². The third kappa shape index (κ3) is 3.26. The highest BCUT2D eigenvalue weighted by atomic mass is 16.3. The van der Waals surface area contributed by atoms with Gasteiger partial charge in [0.25, 0.3) is 5.91 Å². The molecule has 0 aliphatic carbocycles. The van der Waals surface area contributed by atoms with Gasteiger partial charge in [0.05, 0.1) is 5.71 Å². The number of nitrogens with zero attached hydrogens (tertiary/aromatic N) is 1. The summed E-state index contributed by atoms with van der Waals surface area (Å²) in [5.41, 5.74) is 9.78. The third-order valence-electron chi connectivity index (χ3n) is 2.96. The average Bonchev–Trinajstić information content (AvgIpc) is 2.49. The van der Waals surface area contributed by atoms with Gasteiger partial charge in [-0.15, -0.1) is 0 Å². The monoisotopic (exact) mass is 301 g/mol. The summed E-state index contributed by atoms with van der Waals surface area (Å²) in [6.07, 6.45) is 0. The Morgan fingerprint density at radius 2 is 1.73 bits per heavy atom. The zero-order valence-electron chi connectivity index (χ0n) is 11.7. The molecule has 7 heteroatoms. The van der Waals surface area contributed by atoms with Crippen molar-refractivity contribution in [3.8, 4) is 17.2 Å². The summed E-state index contributed by atoms with van der Waals surface area (Å²) >= 11 is 0. The Bertz CT molecular complexity index is 733. The van der Waals surface area contributed by atoms with Crippen molar-refractivity contribution in [2.75, 3.05) is 5.73 Å². The maximum atomic E-state index is 11.9. The van der Waals surface area contributed by atoms with Gasteiger partial charge in [0.2, 0.25) is 0 Å². The Morgan fingerprint density at radius 1 is 1.09 bits per heavy atom. The van der Waals surface area contributed by atoms with E-state index in [0.717, 1.165) is 17.7 Å². The number of hydrazone groups is 1. The molecule has 0 bridgehead atoms. The van der Waals surface area contributed by atoms with Crippen LogP contribution in [0.15, 0.2) is 41.5 Å². The van der Waals surface area contributed by atoms with Crippen LogP contribution in [-0.2, 0) is 0 Å². The Labute approximate surface area is 126 Å². The topological polar surface area (TPSA) is 128 Å². The normalized spacial score (nSPS) is 11.2. The zero-order chi connectivity index (χ0) is 16.3. The lowest BCUT2D eigenvalue weighted by Gasteiger charge is -2.06. The van der Waals surface area contributed by atoms with E-state index in [1.54, 1.807) is 31.2 Å². The van der Waals surface area contributed by atoms with E-state index in [0.29, 0.717) is 11.4 Å². The van der Waals surface area contributed by atoms with E-state index in [4.69, 9.17) is 5.73 Å². The fourth-order valence-electron chi connectivity index (χ4n) is 1.76. The molecule has 7 nitrogen and oxygen atoms in total. The molecule has 2 rings (SSSR count). The maximum Gasteiger partial charge on any atom is 0.271 e. The summed E-state index contributed by atoms with van der Waals surface area (Å²) < 4.78 is 0. The van der Waals surface area contributed by atoms with Crippen LogP contribution in [0.5, 0.6) is 17.2 Å². The summed E-state index contributed by atoms with van der Waals surface area (Å²) in [5, 5.41) is 31.9. The molecule has 0 saturated carbocycles. The molecule has 0 aliphatic heterocycles. The van der Waals surface area contributed by atoms with E-state index < -0.39 is 23.2 Å². The highest BCUT2D eigenvalue weighted by Gasteiger charge is 2.13. The van der Waals surface area contributed by atoms with E-state index >= 15 is 0 Å². The number of rotatable bonds is 3. The van der Waals surface area contributed by atoms with Gasteiger partial charge in [0.1, 0.15) is 0 Å². The Kier molecular flexibility index (Phi) is 4.17. The maximum absolute atomic E-state index is 11.9. The van der Waals surface area contributed by atoms with Gasteiger partial charge >= 0.3 is 0 Å². The first-order valence-electron chi connectivity index (χ1n) is 6.34. The number of hydrogen-bond acceptors (Lipinski definition) is 6. The van der Waals surface area contributed by atoms with Crippen molar-refractivity contribution in [3.63, 3.8) is 0 Å². The lowest BCUT2D eigenvalue weighted by Crippen LogP contribution is -2.19. The Hall–Kier alpha value is -3.22. The zero-order valence-corrected chi connectivity index (χ0v) is 11.7. The van der Waals surface area contributed by atoms with Gasteiger partial charge in [-0.3, -0.25) is 4.79 Å². The van der Waals surface area contributed by atoms with Crippen LogP contribution in [0.4, 0.5) is 5.69 Å². The van der Waals surface area contributed by atoms with Crippen LogP contribution in [0.2, 0.25) is 0 Å². The molecule has 1 amide bonds. The molecule has 22 heavy (non-hydrogen) atoms. The van der Waals surface area contributed by atoms with Gasteiger partial charge in [0.15, 0.2) is 17.2 Å². The van der Waals surface area contributed by atoms with E-state index in [1.165, 1.54) is 0 Å². The van der Waals surface area contributed by atoms with Crippen LogP contribution in [0.3, 0.4) is 0 Å². The molecule has 6 N–H and O–H groups in total. The predicted molar refractivity (Wildman–Crippen MR) is 82.0 cm³/mol. The predicted octanol–water partition coefficient (Wildman–Crippen LogP) is 1.54. The number of carbonyl (C=O) groups excluding carboxylic acids is 1. The second kappa shape index (κ2) is 6.04. The van der Waals surface area contributed by atoms with Gasteiger partial charge in [-0.1, -0.05) is 12.1 Å². The molecule has 0 unspecified atom stereocenters. The van der Waals surface area contributed by atoms with E-state index in [-0.39, 0.29) is 5.56 Å². The van der Waals surface area contributed by atoms with Crippen LogP contribution < -0.4 is 11.2 Å². The first kappa shape index (κ1) is 15.2. The van der Waals surface area contributed by atoms with Crippen molar-refractivity contribution < 1.29 is 20.1 Å². The third-order valence-corrected chi connectivity index (χ3v) is 2.96. The largest absolute Gasteiger partial charge is 0.504 e. The summed E-state index contributed by atoms with van der Waals surface area (Å²) in [4.78, 5) is 11.9. The molecule has 0 heterocycles. The van der Waals surface area contributed by atoms with Crippen LogP contribution >= 0.6 is 0 Å². The summed E-state index contributed by atoms with van der Waals surface area (Å²) in [6.45, 7) is 1.70. The molecule has 0 saturated heterocycles. The first-order chi connectivity index (χ1) is 10.4. The molecule has 114 valence electrons. The fourth-order valence-corrected chi connectivity index (χ4v) is 1.76. The summed E-state index contributed by atoms with van der Waals surface area (Å²) in [6, 6.07) is 9.05. The SMILES string of the molecule is CC(=NNC(=O)c1cc(O)c(O)c(O)c1)c1cccc(N)c1. The Balaban J connectivity index is 2.17. The van der Waals surface area contributed by atoms with E-state index in [2.05, 4.69) is 10.5 Å². The summed E-state index contributed by atoms with van der Waals surface area (Å²) in [5.74, 6) is -2.52. The van der Waals surface area contributed by atoms with Crippen LogP contribution in [0.25, 0.3) is 0 Å². The number of phenolic OH excluding ortho intramolecular Hbond substituents is 3. The molecule has 0 fully saturated rings. The second-order valence-electron chi connectivity index (χ2n) is 4.63. The van der Waals surface area contributed by atoms with Crippen molar-refractivity contribution in [1.29, 1.82) is 0 Å². The molecule has 0 aliphatic rings. The minimum atomic E-state index is -0.684. The number of aromatic hydroxyl groups is 3. The first-order valence-corrected chi connectivity index (χ1v) is 6.34. The van der Waals surface area contributed by atoms with Crippen molar-refractivity contribution in [3.05, 3.63) is 47.5 Å². The van der Waals surface area contributed by atoms with Gasteiger partial charge in [0, 0.05) is 11.3 Å². The number of amides is 1. The number of benzene rings is 2. The smallest absolute Gasteiger partial charge is 0.271 e. The number of nitrogens with one attached hydrogen (secondary N) is 1. The quantitative estimate of drug-likeness (QED) is 0.254. The highest BCUT2D eigenvalue weighted by molar-refractivity contribution is 6.01. The minimum absolute atomic E-state index is 0.0445.